The van der Waals surface area contributed by atoms with Crippen LogP contribution in [0.25, 0.3) is 0 Å². The van der Waals surface area contributed by atoms with Crippen LogP contribution in [-0.4, -0.2) is 34.2 Å². The maximum Gasteiger partial charge on any atom is 0.322 e. The van der Waals surface area contributed by atoms with E-state index in [4.69, 9.17) is 9.26 Å². The molecule has 0 spiro atoms. The first-order chi connectivity index (χ1) is 12.0. The number of halogens is 1. The van der Waals surface area contributed by atoms with E-state index in [1.54, 1.807) is 14.0 Å². The van der Waals surface area contributed by atoms with Gasteiger partial charge in [-0.3, -0.25) is 0 Å². The number of nitrogens with zero attached hydrogens (tertiary/aromatic N) is 3. The van der Waals surface area contributed by atoms with Crippen LogP contribution in [0, 0.1) is 12.7 Å². The van der Waals surface area contributed by atoms with Crippen LogP contribution in [0.1, 0.15) is 37.4 Å². The number of nitrogens with one attached hydrogen (secondary N) is 1. The zero-order valence-corrected chi connectivity index (χ0v) is 14.3. The Kier molecular flexibility index (Phi) is 5.16. The third-order valence-corrected chi connectivity index (χ3v) is 4.08. The molecule has 134 valence electrons. The summed E-state index contributed by atoms with van der Waals surface area (Å²) in [7, 11) is 1.61. The van der Waals surface area contributed by atoms with Crippen molar-refractivity contribution in [3.05, 3.63) is 35.7 Å². The molecule has 1 saturated carbocycles. The van der Waals surface area contributed by atoms with Gasteiger partial charge in [-0.25, -0.2) is 9.18 Å². The smallest absolute Gasteiger partial charge is 0.322 e. The van der Waals surface area contributed by atoms with Gasteiger partial charge in [0.1, 0.15) is 11.6 Å². The van der Waals surface area contributed by atoms with Gasteiger partial charge in [-0.15, -0.1) is 0 Å². The summed E-state index contributed by atoms with van der Waals surface area (Å²) in [5, 5.41) is 6.51. The molecule has 2 aromatic rings. The van der Waals surface area contributed by atoms with Gasteiger partial charge in [0.15, 0.2) is 5.82 Å². The highest BCUT2D eigenvalue weighted by Gasteiger charge is 2.20. The molecule has 0 bridgehead atoms. The average Bonchev–Trinajstić information content (AvgIpc) is 3.21. The van der Waals surface area contributed by atoms with Gasteiger partial charge in [0, 0.05) is 20.0 Å². The number of hydrogen-bond donors (Lipinski definition) is 1. The quantitative estimate of drug-likeness (QED) is 0.894. The van der Waals surface area contributed by atoms with Gasteiger partial charge < -0.3 is 19.5 Å². The molecule has 1 aromatic heterocycles. The van der Waals surface area contributed by atoms with Gasteiger partial charge in [-0.05, 0) is 37.8 Å². The summed E-state index contributed by atoms with van der Waals surface area (Å²) in [4.78, 5) is 17.9. The molecule has 1 aliphatic carbocycles. The van der Waals surface area contributed by atoms with Crippen molar-refractivity contribution in [2.24, 2.45) is 0 Å². The van der Waals surface area contributed by atoms with Crippen LogP contribution < -0.4 is 10.1 Å². The normalized spacial score (nSPS) is 14.5. The van der Waals surface area contributed by atoms with E-state index in [0.29, 0.717) is 23.2 Å². The van der Waals surface area contributed by atoms with Crippen molar-refractivity contribution in [1.82, 2.24) is 15.0 Å². The van der Waals surface area contributed by atoms with Crippen LogP contribution in [0.2, 0.25) is 0 Å². The molecule has 2 amide bonds. The van der Waals surface area contributed by atoms with Gasteiger partial charge >= 0.3 is 6.03 Å². The molecule has 1 aliphatic rings. The molecule has 1 aromatic carbocycles. The molecule has 8 heteroatoms. The predicted octanol–water partition coefficient (Wildman–Crippen LogP) is 3.50. The number of amides is 2. The molecule has 1 fully saturated rings. The van der Waals surface area contributed by atoms with Gasteiger partial charge in [-0.1, -0.05) is 5.16 Å². The van der Waals surface area contributed by atoms with Crippen molar-refractivity contribution in [3.8, 4) is 5.75 Å². The van der Waals surface area contributed by atoms with E-state index in [-0.39, 0.29) is 18.7 Å². The lowest BCUT2D eigenvalue weighted by Crippen LogP contribution is -2.31. The molecule has 3 rings (SSSR count). The Morgan fingerprint density at radius 1 is 1.44 bits per heavy atom. The van der Waals surface area contributed by atoms with E-state index in [9.17, 15) is 9.18 Å². The van der Waals surface area contributed by atoms with Crippen LogP contribution in [0.3, 0.4) is 0 Å². The Bertz CT molecular complexity index is 743. The fraction of sp³-hybridized carbons (Fsp3) is 0.471. The lowest BCUT2D eigenvalue weighted by atomic mass is 10.2. The summed E-state index contributed by atoms with van der Waals surface area (Å²) in [6.07, 6.45) is 4.17. The lowest BCUT2D eigenvalue weighted by Gasteiger charge is -2.20. The molecular weight excluding hydrogens is 327 g/mol. The molecule has 0 atom stereocenters. The molecule has 1 N–H and O–H groups in total. The fourth-order valence-electron chi connectivity index (χ4n) is 2.78. The van der Waals surface area contributed by atoms with Crippen LogP contribution in [-0.2, 0) is 6.54 Å². The topological polar surface area (TPSA) is 80.5 Å². The summed E-state index contributed by atoms with van der Waals surface area (Å²) >= 11 is 0. The summed E-state index contributed by atoms with van der Waals surface area (Å²) in [5.74, 6) is 0.803. The number of carbonyl (C=O) groups is 1. The second-order valence-electron chi connectivity index (χ2n) is 6.18. The highest BCUT2D eigenvalue weighted by Crippen LogP contribution is 2.30. The Morgan fingerprint density at radius 3 is 2.88 bits per heavy atom. The first kappa shape index (κ1) is 17.2. The summed E-state index contributed by atoms with van der Waals surface area (Å²) in [6.45, 7) is 1.88. The molecule has 7 nitrogen and oxygen atoms in total. The van der Waals surface area contributed by atoms with Gasteiger partial charge in [0.05, 0.1) is 18.3 Å². The third kappa shape index (κ3) is 4.46. The summed E-state index contributed by atoms with van der Waals surface area (Å²) in [6, 6.07) is 3.73. The van der Waals surface area contributed by atoms with Gasteiger partial charge in [0.25, 0.3) is 0 Å². The minimum Gasteiger partial charge on any atom is -0.488 e. The third-order valence-electron chi connectivity index (χ3n) is 4.08. The zero-order chi connectivity index (χ0) is 17.8. The van der Waals surface area contributed by atoms with Crippen molar-refractivity contribution in [2.45, 2.75) is 45.3 Å². The number of carbonyl (C=O) groups excluding carboxylic acids is 1. The van der Waals surface area contributed by atoms with E-state index in [1.165, 1.54) is 23.1 Å². The van der Waals surface area contributed by atoms with Crippen molar-refractivity contribution in [3.63, 3.8) is 0 Å². The largest absolute Gasteiger partial charge is 0.488 e. The molecule has 0 aliphatic heterocycles. The van der Waals surface area contributed by atoms with Crippen LogP contribution in [0.4, 0.5) is 14.9 Å². The van der Waals surface area contributed by atoms with Crippen molar-refractivity contribution >= 4 is 11.7 Å². The fourth-order valence-corrected chi connectivity index (χ4v) is 2.78. The molecule has 0 unspecified atom stereocenters. The SMILES string of the molecule is Cc1nc(CN(C)C(=O)Nc2ccc(F)cc2OC2CCCC2)no1. The number of aromatic nitrogens is 2. The van der Waals surface area contributed by atoms with Gasteiger partial charge in [-0.2, -0.15) is 4.98 Å². The molecule has 0 saturated heterocycles. The number of urea groups is 1. The summed E-state index contributed by atoms with van der Waals surface area (Å²) in [5.41, 5.74) is 0.439. The van der Waals surface area contributed by atoms with Crippen LogP contribution in [0.5, 0.6) is 5.75 Å². The van der Waals surface area contributed by atoms with E-state index in [1.807, 2.05) is 0 Å². The predicted molar refractivity (Wildman–Crippen MR) is 88.8 cm³/mol. The Balaban J connectivity index is 1.67. The lowest BCUT2D eigenvalue weighted by molar-refractivity contribution is 0.208. The van der Waals surface area contributed by atoms with Crippen LogP contribution >= 0.6 is 0 Å². The molecule has 25 heavy (non-hydrogen) atoms. The second kappa shape index (κ2) is 7.50. The Labute approximate surface area is 145 Å². The van der Waals surface area contributed by atoms with E-state index < -0.39 is 5.82 Å². The Morgan fingerprint density at radius 2 is 2.20 bits per heavy atom. The minimum absolute atomic E-state index is 0.0671. The number of hydrogen-bond acceptors (Lipinski definition) is 5. The second-order valence-corrected chi connectivity index (χ2v) is 6.18. The van der Waals surface area contributed by atoms with E-state index in [0.717, 1.165) is 25.7 Å². The van der Waals surface area contributed by atoms with Crippen molar-refractivity contribution in [2.75, 3.05) is 12.4 Å². The van der Waals surface area contributed by atoms with Gasteiger partial charge in [0.2, 0.25) is 5.89 Å². The van der Waals surface area contributed by atoms with E-state index >= 15 is 0 Å². The average molecular weight is 348 g/mol. The maximum atomic E-state index is 13.6. The first-order valence-corrected chi connectivity index (χ1v) is 8.29. The number of ether oxygens (including phenoxy) is 1. The monoisotopic (exact) mass is 348 g/mol. The number of rotatable bonds is 5. The number of aryl methyl sites for hydroxylation is 1. The highest BCUT2D eigenvalue weighted by atomic mass is 19.1. The maximum absolute atomic E-state index is 13.6. The molecule has 0 radical (unpaired) electrons. The number of anilines is 1. The summed E-state index contributed by atoms with van der Waals surface area (Å²) < 4.78 is 24.3. The number of benzene rings is 1. The van der Waals surface area contributed by atoms with Crippen molar-refractivity contribution < 1.29 is 18.4 Å². The first-order valence-electron chi connectivity index (χ1n) is 8.29. The molecule has 1 heterocycles. The van der Waals surface area contributed by atoms with Crippen LogP contribution in [0.15, 0.2) is 22.7 Å². The highest BCUT2D eigenvalue weighted by molar-refractivity contribution is 5.90. The standard InChI is InChI=1S/C17H21FN4O3/c1-11-19-16(21-25-11)10-22(2)17(23)20-14-8-7-12(18)9-15(14)24-13-5-3-4-6-13/h7-9,13H,3-6,10H2,1-2H3,(H,20,23). The van der Waals surface area contributed by atoms with E-state index in [2.05, 4.69) is 15.5 Å². The molecular formula is C17H21FN4O3. The minimum atomic E-state index is -0.401. The zero-order valence-electron chi connectivity index (χ0n) is 14.3. The Hall–Kier alpha value is -2.64. The van der Waals surface area contributed by atoms with Crippen molar-refractivity contribution in [1.29, 1.82) is 0 Å².